The van der Waals surface area contributed by atoms with Crippen molar-refractivity contribution in [3.05, 3.63) is 60.2 Å². The van der Waals surface area contributed by atoms with E-state index in [1.807, 2.05) is 48.5 Å². The summed E-state index contributed by atoms with van der Waals surface area (Å²) >= 11 is 0. The lowest BCUT2D eigenvalue weighted by Crippen LogP contribution is -2.11. The maximum absolute atomic E-state index is 9.64. The van der Waals surface area contributed by atoms with Crippen molar-refractivity contribution in [1.82, 2.24) is 0 Å². The highest BCUT2D eigenvalue weighted by Gasteiger charge is 2.06. The fourth-order valence-corrected chi connectivity index (χ4v) is 1.55. The van der Waals surface area contributed by atoms with Crippen LogP contribution in [-0.4, -0.2) is 11.7 Å². The van der Waals surface area contributed by atoms with Gasteiger partial charge in [-0.3, -0.25) is 0 Å². The summed E-state index contributed by atoms with van der Waals surface area (Å²) in [6.45, 7) is 0.203. The highest BCUT2D eigenvalue weighted by molar-refractivity contribution is 5.34. The Hall–Kier alpha value is -1.84. The van der Waals surface area contributed by atoms with Crippen LogP contribution >= 0.6 is 0 Å². The van der Waals surface area contributed by atoms with Crippen LogP contribution in [0.5, 0.6) is 11.5 Å². The van der Waals surface area contributed by atoms with Crippen molar-refractivity contribution in [2.45, 2.75) is 6.10 Å². The predicted octanol–water partition coefficient (Wildman–Crippen LogP) is 2.47. The third kappa shape index (κ3) is 3.06. The number of aliphatic hydroxyl groups excluding tert-OH is 1. The maximum Gasteiger partial charge on any atom is 0.127 e. The third-order valence-corrected chi connectivity index (χ3v) is 2.45. The smallest absolute Gasteiger partial charge is 0.127 e. The molecule has 1 atom stereocenters. The van der Waals surface area contributed by atoms with Crippen molar-refractivity contribution in [1.29, 1.82) is 0 Å². The maximum atomic E-state index is 9.64. The summed E-state index contributed by atoms with van der Waals surface area (Å²) in [5, 5.41) is 9.64. The molecular formula is C14H15NO2. The van der Waals surface area contributed by atoms with E-state index in [0.29, 0.717) is 5.75 Å². The van der Waals surface area contributed by atoms with Crippen molar-refractivity contribution >= 4 is 0 Å². The second-order valence-corrected chi connectivity index (χ2v) is 3.74. The minimum absolute atomic E-state index is 0.203. The highest BCUT2D eigenvalue weighted by Crippen LogP contribution is 2.23. The summed E-state index contributed by atoms with van der Waals surface area (Å²) in [4.78, 5) is 0. The number of para-hydroxylation sites is 1. The van der Waals surface area contributed by atoms with Gasteiger partial charge in [-0.15, -0.1) is 0 Å². The topological polar surface area (TPSA) is 55.5 Å². The van der Waals surface area contributed by atoms with E-state index >= 15 is 0 Å². The second-order valence-electron chi connectivity index (χ2n) is 3.74. The van der Waals surface area contributed by atoms with E-state index in [-0.39, 0.29) is 6.54 Å². The lowest BCUT2D eigenvalue weighted by molar-refractivity contribution is 0.186. The van der Waals surface area contributed by atoms with Crippen LogP contribution in [0, 0.1) is 0 Å². The van der Waals surface area contributed by atoms with Gasteiger partial charge >= 0.3 is 0 Å². The molecule has 0 aromatic heterocycles. The molecule has 0 aliphatic heterocycles. The average Bonchev–Trinajstić information content (AvgIpc) is 2.39. The Bertz CT molecular complexity index is 471. The van der Waals surface area contributed by atoms with Crippen molar-refractivity contribution in [3.63, 3.8) is 0 Å². The van der Waals surface area contributed by atoms with E-state index in [2.05, 4.69) is 0 Å². The number of ether oxygens (including phenoxy) is 1. The summed E-state index contributed by atoms with van der Waals surface area (Å²) in [5.74, 6) is 1.47. The zero-order valence-electron chi connectivity index (χ0n) is 9.41. The molecule has 0 spiro atoms. The summed E-state index contributed by atoms with van der Waals surface area (Å²) in [6, 6.07) is 16.8. The molecule has 0 radical (unpaired) electrons. The Balaban J connectivity index is 2.17. The second kappa shape index (κ2) is 5.48. The first-order valence-electron chi connectivity index (χ1n) is 5.50. The normalized spacial score (nSPS) is 12.1. The van der Waals surface area contributed by atoms with Crippen LogP contribution in [0.1, 0.15) is 11.7 Å². The SMILES string of the molecule is NC[C@@H](O)c1cccc(Oc2ccccc2)c1. The number of rotatable bonds is 4. The van der Waals surface area contributed by atoms with Gasteiger partial charge in [-0.2, -0.15) is 0 Å². The number of hydrogen-bond acceptors (Lipinski definition) is 3. The van der Waals surface area contributed by atoms with Gasteiger partial charge in [0.05, 0.1) is 6.10 Å². The van der Waals surface area contributed by atoms with Crippen LogP contribution in [0.15, 0.2) is 54.6 Å². The van der Waals surface area contributed by atoms with Gasteiger partial charge < -0.3 is 15.6 Å². The van der Waals surface area contributed by atoms with Gasteiger partial charge in [0.15, 0.2) is 0 Å². The molecule has 0 saturated carbocycles. The van der Waals surface area contributed by atoms with Crippen LogP contribution in [0.25, 0.3) is 0 Å². The van der Waals surface area contributed by atoms with Crippen molar-refractivity contribution < 1.29 is 9.84 Å². The highest BCUT2D eigenvalue weighted by atomic mass is 16.5. The molecule has 0 amide bonds. The number of nitrogens with two attached hydrogens (primary N) is 1. The molecular weight excluding hydrogens is 214 g/mol. The molecule has 0 bridgehead atoms. The van der Waals surface area contributed by atoms with E-state index in [4.69, 9.17) is 10.5 Å². The van der Waals surface area contributed by atoms with Gasteiger partial charge in [0.25, 0.3) is 0 Å². The fourth-order valence-electron chi connectivity index (χ4n) is 1.55. The van der Waals surface area contributed by atoms with Crippen LogP contribution < -0.4 is 10.5 Å². The van der Waals surface area contributed by atoms with Crippen molar-refractivity contribution in [2.75, 3.05) is 6.54 Å². The molecule has 17 heavy (non-hydrogen) atoms. The quantitative estimate of drug-likeness (QED) is 0.846. The van der Waals surface area contributed by atoms with Gasteiger partial charge in [-0.05, 0) is 29.8 Å². The molecule has 0 aliphatic carbocycles. The van der Waals surface area contributed by atoms with Crippen molar-refractivity contribution in [3.8, 4) is 11.5 Å². The van der Waals surface area contributed by atoms with Gasteiger partial charge in [0.2, 0.25) is 0 Å². The molecule has 3 N–H and O–H groups in total. The van der Waals surface area contributed by atoms with Crippen LogP contribution in [0.2, 0.25) is 0 Å². The molecule has 2 aromatic rings. The molecule has 3 nitrogen and oxygen atoms in total. The number of aliphatic hydroxyl groups is 1. The molecule has 0 heterocycles. The van der Waals surface area contributed by atoms with Crippen LogP contribution in [0.4, 0.5) is 0 Å². The van der Waals surface area contributed by atoms with Gasteiger partial charge in [0, 0.05) is 6.54 Å². The number of benzene rings is 2. The van der Waals surface area contributed by atoms with Gasteiger partial charge in [-0.25, -0.2) is 0 Å². The van der Waals surface area contributed by atoms with Crippen LogP contribution in [0.3, 0.4) is 0 Å². The van der Waals surface area contributed by atoms with Crippen molar-refractivity contribution in [2.24, 2.45) is 5.73 Å². The zero-order valence-corrected chi connectivity index (χ0v) is 9.41. The first-order valence-corrected chi connectivity index (χ1v) is 5.50. The summed E-state index contributed by atoms with van der Waals surface area (Å²) in [6.07, 6.45) is -0.644. The molecule has 0 aliphatic rings. The third-order valence-electron chi connectivity index (χ3n) is 2.45. The minimum Gasteiger partial charge on any atom is -0.457 e. The summed E-state index contributed by atoms with van der Waals surface area (Å²) < 4.78 is 5.66. The standard InChI is InChI=1S/C14H15NO2/c15-10-14(16)11-5-4-8-13(9-11)17-12-6-2-1-3-7-12/h1-9,14,16H,10,15H2/t14-/m1/s1. The Morgan fingerprint density at radius 3 is 2.41 bits per heavy atom. The zero-order chi connectivity index (χ0) is 12.1. The molecule has 88 valence electrons. The monoisotopic (exact) mass is 229 g/mol. The summed E-state index contributed by atoms with van der Waals surface area (Å²) in [7, 11) is 0. The predicted molar refractivity (Wildman–Crippen MR) is 67.0 cm³/mol. The largest absolute Gasteiger partial charge is 0.457 e. The fraction of sp³-hybridized carbons (Fsp3) is 0.143. The number of hydrogen-bond donors (Lipinski definition) is 2. The first-order chi connectivity index (χ1) is 8.29. The van der Waals surface area contributed by atoms with Gasteiger partial charge in [-0.1, -0.05) is 30.3 Å². The molecule has 2 rings (SSSR count). The Labute approximate surface area is 100 Å². The average molecular weight is 229 g/mol. The first kappa shape index (κ1) is 11.6. The molecule has 0 unspecified atom stereocenters. The molecule has 3 heteroatoms. The summed E-state index contributed by atoms with van der Waals surface area (Å²) in [5.41, 5.74) is 6.18. The van der Waals surface area contributed by atoms with Gasteiger partial charge in [0.1, 0.15) is 11.5 Å². The van der Waals surface area contributed by atoms with Crippen LogP contribution in [-0.2, 0) is 0 Å². The molecule has 0 saturated heterocycles. The molecule has 0 fully saturated rings. The minimum atomic E-state index is -0.644. The lowest BCUT2D eigenvalue weighted by Gasteiger charge is -2.10. The van der Waals surface area contributed by atoms with E-state index < -0.39 is 6.10 Å². The van der Waals surface area contributed by atoms with E-state index in [9.17, 15) is 5.11 Å². The van der Waals surface area contributed by atoms with E-state index in [1.54, 1.807) is 6.07 Å². The Morgan fingerprint density at radius 2 is 1.71 bits per heavy atom. The molecule has 2 aromatic carbocycles. The van der Waals surface area contributed by atoms with E-state index in [0.717, 1.165) is 11.3 Å². The Kier molecular flexibility index (Phi) is 3.75. The van der Waals surface area contributed by atoms with E-state index in [1.165, 1.54) is 0 Å². The lowest BCUT2D eigenvalue weighted by atomic mass is 10.1. The Morgan fingerprint density at radius 1 is 1.00 bits per heavy atom.